The fourth-order valence-corrected chi connectivity index (χ4v) is 3.29. The van der Waals surface area contributed by atoms with Crippen LogP contribution in [0.2, 0.25) is 0 Å². The largest absolute Gasteiger partial charge is 0.298 e. The van der Waals surface area contributed by atoms with Crippen molar-refractivity contribution in [3.8, 4) is 0 Å². The Labute approximate surface area is 117 Å². The summed E-state index contributed by atoms with van der Waals surface area (Å²) in [5.41, 5.74) is -0.338. The summed E-state index contributed by atoms with van der Waals surface area (Å²) in [5.74, 6) is 1.40. The van der Waals surface area contributed by atoms with Crippen LogP contribution in [0.5, 0.6) is 0 Å². The third-order valence-corrected chi connectivity index (χ3v) is 4.47. The predicted octanol–water partition coefficient (Wildman–Crippen LogP) is 3.92. The summed E-state index contributed by atoms with van der Waals surface area (Å²) in [4.78, 5) is 19.6. The molecule has 1 amide bonds. The first-order valence-corrected chi connectivity index (χ1v) is 8.14. The summed E-state index contributed by atoms with van der Waals surface area (Å²) in [5, 5.41) is 0. The van der Waals surface area contributed by atoms with Gasteiger partial charge in [0.25, 0.3) is 5.91 Å². The smallest absolute Gasteiger partial charge is 0.255 e. The summed E-state index contributed by atoms with van der Waals surface area (Å²) in [6, 6.07) is 0. The number of hydrogen-bond acceptors (Lipinski definition) is 2. The number of rotatable bonds is 7. The molecule has 108 valence electrons. The van der Waals surface area contributed by atoms with Gasteiger partial charge < -0.3 is 0 Å². The molecule has 0 aromatic heterocycles. The van der Waals surface area contributed by atoms with Gasteiger partial charge in [-0.25, -0.2) is 0 Å². The molecule has 3 nitrogen and oxygen atoms in total. The molecule has 1 fully saturated rings. The fraction of sp³-hybridized carbons (Fsp3) is 0.875. The molecule has 3 heteroatoms. The van der Waals surface area contributed by atoms with Crippen molar-refractivity contribution in [1.82, 2.24) is 4.90 Å². The summed E-state index contributed by atoms with van der Waals surface area (Å²) < 4.78 is 0. The van der Waals surface area contributed by atoms with Crippen LogP contribution in [0.1, 0.15) is 78.1 Å². The molecule has 1 spiro atoms. The lowest BCUT2D eigenvalue weighted by molar-refractivity contribution is -0.131. The van der Waals surface area contributed by atoms with Crippen molar-refractivity contribution in [1.29, 1.82) is 0 Å². The van der Waals surface area contributed by atoms with Crippen LogP contribution in [0.25, 0.3) is 0 Å². The molecular weight excluding hydrogens is 236 g/mol. The number of hydrogen-bond donors (Lipinski definition) is 0. The van der Waals surface area contributed by atoms with Gasteiger partial charge in [0.05, 0.1) is 0 Å². The van der Waals surface area contributed by atoms with Gasteiger partial charge in [0, 0.05) is 13.0 Å². The Hall–Kier alpha value is -0.860. The van der Waals surface area contributed by atoms with Gasteiger partial charge in [-0.3, -0.25) is 14.7 Å². The van der Waals surface area contributed by atoms with Gasteiger partial charge in [0.1, 0.15) is 11.4 Å². The molecule has 0 aromatic carbocycles. The average molecular weight is 264 g/mol. The number of unbranched alkanes of at least 4 members (excludes halogenated alkanes) is 3. The molecule has 1 saturated carbocycles. The Kier molecular flexibility index (Phi) is 5.00. The van der Waals surface area contributed by atoms with Gasteiger partial charge in [-0.05, 0) is 25.7 Å². The van der Waals surface area contributed by atoms with E-state index in [1.807, 2.05) is 4.90 Å². The molecular formula is C16H28N2O. The molecule has 0 bridgehead atoms. The lowest BCUT2D eigenvalue weighted by Gasteiger charge is -2.22. The predicted molar refractivity (Wildman–Crippen MR) is 79.4 cm³/mol. The number of aliphatic imine (C=N–C) groups is 1. The maximum absolute atomic E-state index is 12.7. The molecule has 2 rings (SSSR count). The van der Waals surface area contributed by atoms with Crippen LogP contribution < -0.4 is 0 Å². The lowest BCUT2D eigenvalue weighted by atomic mass is 9.98. The normalized spacial score (nSPS) is 21.5. The molecule has 19 heavy (non-hydrogen) atoms. The standard InChI is InChI=1S/C16H28N2O/c1-3-5-9-13-18-14(10-6-4-2)17-16(15(18)19)11-7-8-12-16/h3-13H2,1-2H3. The van der Waals surface area contributed by atoms with Crippen LogP contribution in [-0.2, 0) is 4.79 Å². The second kappa shape index (κ2) is 6.53. The minimum absolute atomic E-state index is 0.312. The Balaban J connectivity index is 2.06. The zero-order valence-electron chi connectivity index (χ0n) is 12.6. The zero-order valence-corrected chi connectivity index (χ0v) is 12.6. The van der Waals surface area contributed by atoms with Gasteiger partial charge in [-0.15, -0.1) is 0 Å². The quantitative estimate of drug-likeness (QED) is 0.641. The highest BCUT2D eigenvalue weighted by atomic mass is 16.2. The SMILES string of the molecule is CCCCCN1C(=O)C2(CCCC2)N=C1CCCC. The third kappa shape index (κ3) is 3.01. The van der Waals surface area contributed by atoms with Crippen LogP contribution in [0.3, 0.4) is 0 Å². The molecule has 0 N–H and O–H groups in total. The van der Waals surface area contributed by atoms with Crippen LogP contribution in [0, 0.1) is 0 Å². The van der Waals surface area contributed by atoms with Gasteiger partial charge in [0.15, 0.2) is 0 Å². The molecule has 1 heterocycles. The highest BCUT2D eigenvalue weighted by molar-refractivity contribution is 6.08. The number of carbonyl (C=O) groups excluding carboxylic acids is 1. The topological polar surface area (TPSA) is 32.7 Å². The van der Waals surface area contributed by atoms with Gasteiger partial charge in [-0.2, -0.15) is 0 Å². The summed E-state index contributed by atoms with van der Waals surface area (Å²) in [6.07, 6.45) is 11.1. The van der Waals surface area contributed by atoms with Crippen molar-refractivity contribution < 1.29 is 4.79 Å². The van der Waals surface area contributed by atoms with Gasteiger partial charge in [0.2, 0.25) is 0 Å². The summed E-state index contributed by atoms with van der Waals surface area (Å²) in [7, 11) is 0. The molecule has 1 aliphatic heterocycles. The fourth-order valence-electron chi connectivity index (χ4n) is 3.29. The molecule has 2 aliphatic rings. The second-order valence-corrected chi connectivity index (χ2v) is 6.03. The van der Waals surface area contributed by atoms with Gasteiger partial charge >= 0.3 is 0 Å². The van der Waals surface area contributed by atoms with Crippen molar-refractivity contribution in [2.24, 2.45) is 4.99 Å². The van der Waals surface area contributed by atoms with Crippen molar-refractivity contribution >= 4 is 11.7 Å². The first kappa shape index (κ1) is 14.5. The van der Waals surface area contributed by atoms with Gasteiger partial charge in [-0.1, -0.05) is 46.0 Å². The number of amidine groups is 1. The van der Waals surface area contributed by atoms with Crippen molar-refractivity contribution in [2.45, 2.75) is 83.6 Å². The monoisotopic (exact) mass is 264 g/mol. The van der Waals surface area contributed by atoms with E-state index in [9.17, 15) is 4.79 Å². The zero-order chi connectivity index (χ0) is 13.7. The Morgan fingerprint density at radius 2 is 1.79 bits per heavy atom. The Morgan fingerprint density at radius 1 is 1.11 bits per heavy atom. The minimum atomic E-state index is -0.338. The minimum Gasteiger partial charge on any atom is -0.298 e. The molecule has 0 atom stereocenters. The second-order valence-electron chi connectivity index (χ2n) is 6.03. The Bertz CT molecular complexity index is 343. The van der Waals surface area contributed by atoms with Crippen molar-refractivity contribution in [3.05, 3.63) is 0 Å². The van der Waals surface area contributed by atoms with E-state index in [0.717, 1.165) is 44.5 Å². The van der Waals surface area contributed by atoms with E-state index in [1.165, 1.54) is 32.1 Å². The van der Waals surface area contributed by atoms with Crippen LogP contribution in [0.15, 0.2) is 4.99 Å². The van der Waals surface area contributed by atoms with E-state index >= 15 is 0 Å². The first-order chi connectivity index (χ1) is 9.23. The summed E-state index contributed by atoms with van der Waals surface area (Å²) in [6.45, 7) is 5.29. The van der Waals surface area contributed by atoms with Crippen molar-refractivity contribution in [2.75, 3.05) is 6.54 Å². The lowest BCUT2D eigenvalue weighted by Crippen LogP contribution is -2.41. The maximum Gasteiger partial charge on any atom is 0.255 e. The highest BCUT2D eigenvalue weighted by Crippen LogP contribution is 2.39. The highest BCUT2D eigenvalue weighted by Gasteiger charge is 2.48. The molecule has 0 unspecified atom stereocenters. The Morgan fingerprint density at radius 3 is 2.42 bits per heavy atom. The maximum atomic E-state index is 12.7. The number of carbonyl (C=O) groups is 1. The first-order valence-electron chi connectivity index (χ1n) is 8.14. The van der Waals surface area contributed by atoms with E-state index in [0.29, 0.717) is 5.91 Å². The molecule has 1 aliphatic carbocycles. The van der Waals surface area contributed by atoms with E-state index in [-0.39, 0.29) is 5.54 Å². The molecule has 0 aromatic rings. The van der Waals surface area contributed by atoms with E-state index < -0.39 is 0 Å². The number of nitrogens with zero attached hydrogens (tertiary/aromatic N) is 2. The van der Waals surface area contributed by atoms with Crippen LogP contribution in [-0.4, -0.2) is 28.7 Å². The number of amides is 1. The third-order valence-electron chi connectivity index (χ3n) is 4.47. The summed E-state index contributed by atoms with van der Waals surface area (Å²) >= 11 is 0. The van der Waals surface area contributed by atoms with E-state index in [2.05, 4.69) is 13.8 Å². The molecule has 0 radical (unpaired) electrons. The average Bonchev–Trinajstić information content (AvgIpc) is 2.98. The van der Waals surface area contributed by atoms with Crippen molar-refractivity contribution in [3.63, 3.8) is 0 Å². The van der Waals surface area contributed by atoms with Crippen LogP contribution in [0.4, 0.5) is 0 Å². The van der Waals surface area contributed by atoms with Crippen LogP contribution >= 0.6 is 0 Å². The van der Waals surface area contributed by atoms with E-state index in [1.54, 1.807) is 0 Å². The molecule has 0 saturated heterocycles. The van der Waals surface area contributed by atoms with E-state index in [4.69, 9.17) is 4.99 Å².